The third-order valence-corrected chi connectivity index (χ3v) is 3.56. The van der Waals surface area contributed by atoms with Crippen LogP contribution in [0.5, 0.6) is 0 Å². The van der Waals surface area contributed by atoms with E-state index in [1.165, 1.54) is 23.7 Å². The van der Waals surface area contributed by atoms with E-state index in [0.29, 0.717) is 5.92 Å². The van der Waals surface area contributed by atoms with Gasteiger partial charge >= 0.3 is 0 Å². The van der Waals surface area contributed by atoms with Crippen molar-refractivity contribution in [2.24, 2.45) is 5.92 Å². The Morgan fingerprint density at radius 1 is 1.33 bits per heavy atom. The number of benzene rings is 1. The van der Waals surface area contributed by atoms with Crippen LogP contribution in [0.2, 0.25) is 0 Å². The normalized spacial score (nSPS) is 12.8. The molecule has 1 atom stereocenters. The van der Waals surface area contributed by atoms with E-state index in [-0.39, 0.29) is 5.12 Å². The monoisotopic (exact) mass is 262 g/mol. The van der Waals surface area contributed by atoms with E-state index in [1.807, 2.05) is 19.1 Å². The molecule has 1 aromatic carbocycles. The van der Waals surface area contributed by atoms with E-state index >= 15 is 0 Å². The van der Waals surface area contributed by atoms with Crippen LogP contribution in [0.4, 0.5) is 0 Å². The predicted molar refractivity (Wildman–Crippen MR) is 80.8 cm³/mol. The van der Waals surface area contributed by atoms with Gasteiger partial charge in [0.05, 0.1) is 0 Å². The van der Waals surface area contributed by atoms with Crippen molar-refractivity contribution in [1.82, 2.24) is 0 Å². The first-order valence-corrected chi connectivity index (χ1v) is 7.58. The minimum absolute atomic E-state index is 0.174. The molecule has 0 radical (unpaired) electrons. The Kier molecular flexibility index (Phi) is 7.51. The number of allylic oxidation sites excluding steroid dienone is 1. The summed E-state index contributed by atoms with van der Waals surface area (Å²) in [5, 5.41) is 0.174. The van der Waals surface area contributed by atoms with E-state index in [1.54, 1.807) is 6.08 Å². The van der Waals surface area contributed by atoms with Gasteiger partial charge in [0, 0.05) is 0 Å². The standard InChI is InChI=1S/C16H22OS/c1-3-18-16(17)11-7-8-14(2)12-13-15-9-5-4-6-10-15/h4-7,9-11,14H,3,8,12-13H2,1-2H3/b11-7+/t14-/m1/s1. The van der Waals surface area contributed by atoms with E-state index < -0.39 is 0 Å². The predicted octanol–water partition coefficient (Wildman–Crippen LogP) is 4.48. The van der Waals surface area contributed by atoms with Crippen LogP contribution in [-0.4, -0.2) is 10.9 Å². The second-order valence-electron chi connectivity index (χ2n) is 4.52. The maximum atomic E-state index is 11.3. The van der Waals surface area contributed by atoms with Crippen LogP contribution >= 0.6 is 11.8 Å². The molecule has 0 aromatic heterocycles. The van der Waals surface area contributed by atoms with E-state index in [9.17, 15) is 4.79 Å². The topological polar surface area (TPSA) is 17.1 Å². The first-order valence-electron chi connectivity index (χ1n) is 6.59. The molecule has 1 aromatic rings. The van der Waals surface area contributed by atoms with Crippen LogP contribution in [0.25, 0.3) is 0 Å². The van der Waals surface area contributed by atoms with Gasteiger partial charge < -0.3 is 0 Å². The Balaban J connectivity index is 2.22. The van der Waals surface area contributed by atoms with Crippen molar-refractivity contribution in [3.8, 4) is 0 Å². The molecule has 0 aliphatic carbocycles. The number of carbonyl (C=O) groups excluding carboxylic acids is 1. The van der Waals surface area contributed by atoms with Gasteiger partial charge in [0.1, 0.15) is 0 Å². The van der Waals surface area contributed by atoms with Crippen molar-refractivity contribution in [1.29, 1.82) is 0 Å². The van der Waals surface area contributed by atoms with Crippen molar-refractivity contribution in [2.45, 2.75) is 33.1 Å². The van der Waals surface area contributed by atoms with Gasteiger partial charge in [0.25, 0.3) is 0 Å². The highest BCUT2D eigenvalue weighted by molar-refractivity contribution is 8.14. The minimum atomic E-state index is 0.174. The molecule has 0 spiro atoms. The Morgan fingerprint density at radius 3 is 2.72 bits per heavy atom. The van der Waals surface area contributed by atoms with Crippen LogP contribution in [-0.2, 0) is 11.2 Å². The zero-order valence-electron chi connectivity index (χ0n) is 11.3. The highest BCUT2D eigenvalue weighted by Gasteiger charge is 2.01. The lowest BCUT2D eigenvalue weighted by atomic mass is 9.98. The summed E-state index contributed by atoms with van der Waals surface area (Å²) in [6.45, 7) is 4.24. The quantitative estimate of drug-likeness (QED) is 0.674. The number of carbonyl (C=O) groups is 1. The van der Waals surface area contributed by atoms with Crippen LogP contribution < -0.4 is 0 Å². The van der Waals surface area contributed by atoms with E-state index in [0.717, 1.165) is 18.6 Å². The first kappa shape index (κ1) is 15.0. The van der Waals surface area contributed by atoms with Gasteiger partial charge in [-0.1, -0.05) is 62.0 Å². The lowest BCUT2D eigenvalue weighted by Gasteiger charge is -2.08. The molecule has 98 valence electrons. The van der Waals surface area contributed by atoms with Gasteiger partial charge in [0.15, 0.2) is 0 Å². The van der Waals surface area contributed by atoms with Crippen LogP contribution in [0, 0.1) is 5.92 Å². The summed E-state index contributed by atoms with van der Waals surface area (Å²) < 4.78 is 0. The number of hydrogen-bond acceptors (Lipinski definition) is 2. The number of aryl methyl sites for hydroxylation is 1. The molecule has 0 saturated heterocycles. The molecule has 0 aliphatic heterocycles. The molecular formula is C16H22OS. The summed E-state index contributed by atoms with van der Waals surface area (Å²) in [7, 11) is 0. The summed E-state index contributed by atoms with van der Waals surface area (Å²) in [6.07, 6.45) is 7.01. The zero-order valence-corrected chi connectivity index (χ0v) is 12.1. The Morgan fingerprint density at radius 2 is 2.06 bits per heavy atom. The molecule has 1 nitrogen and oxygen atoms in total. The van der Waals surface area contributed by atoms with Crippen LogP contribution in [0.3, 0.4) is 0 Å². The molecular weight excluding hydrogens is 240 g/mol. The maximum Gasteiger partial charge on any atom is 0.211 e. The van der Waals surface area contributed by atoms with Gasteiger partial charge in [-0.3, -0.25) is 4.79 Å². The minimum Gasteiger partial charge on any atom is -0.282 e. The Hall–Kier alpha value is -1.02. The number of hydrogen-bond donors (Lipinski definition) is 0. The fraction of sp³-hybridized carbons (Fsp3) is 0.438. The van der Waals surface area contributed by atoms with Crippen molar-refractivity contribution in [2.75, 3.05) is 5.75 Å². The van der Waals surface area contributed by atoms with Gasteiger partial charge in [-0.15, -0.1) is 0 Å². The fourth-order valence-corrected chi connectivity index (χ4v) is 2.24. The molecule has 0 amide bonds. The van der Waals surface area contributed by atoms with Gasteiger partial charge in [-0.05, 0) is 42.6 Å². The molecule has 0 unspecified atom stereocenters. The van der Waals surface area contributed by atoms with Gasteiger partial charge in [-0.2, -0.15) is 0 Å². The summed E-state index contributed by atoms with van der Waals surface area (Å²) >= 11 is 1.37. The third kappa shape index (κ3) is 6.65. The fourth-order valence-electron chi connectivity index (χ4n) is 1.76. The van der Waals surface area contributed by atoms with Gasteiger partial charge in [0.2, 0.25) is 5.12 Å². The zero-order chi connectivity index (χ0) is 13.2. The van der Waals surface area contributed by atoms with E-state index in [4.69, 9.17) is 0 Å². The summed E-state index contributed by atoms with van der Waals surface area (Å²) in [5.41, 5.74) is 1.39. The molecule has 0 heterocycles. The van der Waals surface area contributed by atoms with Crippen molar-refractivity contribution >= 4 is 16.9 Å². The average Bonchev–Trinajstić information content (AvgIpc) is 2.38. The van der Waals surface area contributed by atoms with Crippen LogP contribution in [0.15, 0.2) is 42.5 Å². The highest BCUT2D eigenvalue weighted by Crippen LogP contribution is 2.13. The summed E-state index contributed by atoms with van der Waals surface area (Å²) in [4.78, 5) is 11.3. The van der Waals surface area contributed by atoms with Crippen molar-refractivity contribution in [3.05, 3.63) is 48.0 Å². The molecule has 2 heteroatoms. The molecule has 18 heavy (non-hydrogen) atoms. The van der Waals surface area contributed by atoms with E-state index in [2.05, 4.69) is 31.2 Å². The lowest BCUT2D eigenvalue weighted by Crippen LogP contribution is -1.96. The maximum absolute atomic E-state index is 11.3. The number of thioether (sulfide) groups is 1. The van der Waals surface area contributed by atoms with Crippen LogP contribution in [0.1, 0.15) is 32.3 Å². The molecule has 0 fully saturated rings. The average molecular weight is 262 g/mol. The molecule has 0 aliphatic rings. The van der Waals surface area contributed by atoms with Gasteiger partial charge in [-0.25, -0.2) is 0 Å². The lowest BCUT2D eigenvalue weighted by molar-refractivity contribution is -0.107. The number of rotatable bonds is 7. The highest BCUT2D eigenvalue weighted by atomic mass is 32.2. The summed E-state index contributed by atoms with van der Waals surface area (Å²) in [6, 6.07) is 10.6. The second kappa shape index (κ2) is 8.98. The largest absolute Gasteiger partial charge is 0.282 e. The molecule has 0 bridgehead atoms. The first-order chi connectivity index (χ1) is 8.72. The molecule has 0 N–H and O–H groups in total. The summed E-state index contributed by atoms with van der Waals surface area (Å²) in [5.74, 6) is 1.48. The Labute approximate surface area is 115 Å². The third-order valence-electron chi connectivity index (χ3n) is 2.85. The molecule has 0 saturated carbocycles. The smallest absolute Gasteiger partial charge is 0.211 e. The van der Waals surface area contributed by atoms with Crippen molar-refractivity contribution < 1.29 is 4.79 Å². The van der Waals surface area contributed by atoms with Crippen molar-refractivity contribution in [3.63, 3.8) is 0 Å². The molecule has 1 rings (SSSR count). The SMILES string of the molecule is CCSC(=O)/C=C/C[C@@H](C)CCc1ccccc1. The Bertz CT molecular complexity index is 370. The second-order valence-corrected chi connectivity index (χ2v) is 5.79.